The summed E-state index contributed by atoms with van der Waals surface area (Å²) in [7, 11) is 0. The molecule has 0 atom stereocenters. The highest BCUT2D eigenvalue weighted by atomic mass is 16.4. The second kappa shape index (κ2) is 5.32. The third-order valence-corrected chi connectivity index (χ3v) is 1.72. The normalized spacial score (nSPS) is 11.6. The van der Waals surface area contributed by atoms with E-state index in [1.54, 1.807) is 6.92 Å². The van der Waals surface area contributed by atoms with Crippen molar-refractivity contribution < 1.29 is 5.21 Å². The van der Waals surface area contributed by atoms with Crippen LogP contribution in [0.15, 0.2) is 35.5 Å². The summed E-state index contributed by atoms with van der Waals surface area (Å²) in [5, 5.41) is 14.6. The highest BCUT2D eigenvalue weighted by molar-refractivity contribution is 5.83. The molecular weight excluding hydrogens is 164 g/mol. The molecule has 1 aromatic rings. The van der Waals surface area contributed by atoms with Crippen molar-refractivity contribution in [1.29, 1.82) is 0 Å². The molecule has 0 unspecified atom stereocenters. The van der Waals surface area contributed by atoms with Gasteiger partial charge in [0, 0.05) is 13.1 Å². The van der Waals surface area contributed by atoms with Crippen LogP contribution in [0.2, 0.25) is 0 Å². The Bertz CT molecular complexity index is 270. The van der Waals surface area contributed by atoms with Crippen LogP contribution in [0.5, 0.6) is 0 Å². The molecule has 0 heterocycles. The molecule has 0 spiro atoms. The van der Waals surface area contributed by atoms with Gasteiger partial charge in [-0.3, -0.25) is 0 Å². The van der Waals surface area contributed by atoms with Gasteiger partial charge in [-0.2, -0.15) is 0 Å². The van der Waals surface area contributed by atoms with Gasteiger partial charge in [0.1, 0.15) is 0 Å². The first-order valence-corrected chi connectivity index (χ1v) is 4.25. The molecule has 3 heteroatoms. The van der Waals surface area contributed by atoms with Crippen molar-refractivity contribution in [3.05, 3.63) is 35.9 Å². The van der Waals surface area contributed by atoms with Crippen LogP contribution in [-0.4, -0.2) is 17.5 Å². The van der Waals surface area contributed by atoms with Crippen LogP contribution in [0.4, 0.5) is 0 Å². The van der Waals surface area contributed by atoms with Crippen molar-refractivity contribution in [3.63, 3.8) is 0 Å². The van der Waals surface area contributed by atoms with Gasteiger partial charge in [-0.05, 0) is 12.5 Å². The Hall–Kier alpha value is -1.35. The zero-order chi connectivity index (χ0) is 9.52. The summed E-state index contributed by atoms with van der Waals surface area (Å²) in [6.07, 6.45) is 0. The van der Waals surface area contributed by atoms with Crippen LogP contribution in [-0.2, 0) is 6.54 Å². The third-order valence-electron chi connectivity index (χ3n) is 1.72. The molecule has 2 N–H and O–H groups in total. The summed E-state index contributed by atoms with van der Waals surface area (Å²) in [6, 6.07) is 10.1. The van der Waals surface area contributed by atoms with Gasteiger partial charge in [0.2, 0.25) is 0 Å². The molecule has 1 aromatic carbocycles. The third kappa shape index (κ3) is 3.71. The van der Waals surface area contributed by atoms with Gasteiger partial charge in [-0.25, -0.2) is 0 Å². The Labute approximate surface area is 78.1 Å². The van der Waals surface area contributed by atoms with Crippen LogP contribution >= 0.6 is 0 Å². The zero-order valence-electron chi connectivity index (χ0n) is 7.70. The Kier molecular flexibility index (Phi) is 3.99. The second-order valence-electron chi connectivity index (χ2n) is 2.92. The number of hydrogen-bond acceptors (Lipinski definition) is 3. The molecule has 0 bridgehead atoms. The lowest BCUT2D eigenvalue weighted by Crippen LogP contribution is -2.20. The number of rotatable bonds is 4. The number of oxime groups is 1. The van der Waals surface area contributed by atoms with Crippen molar-refractivity contribution in [3.8, 4) is 0 Å². The van der Waals surface area contributed by atoms with E-state index >= 15 is 0 Å². The summed E-state index contributed by atoms with van der Waals surface area (Å²) in [5.41, 5.74) is 1.92. The van der Waals surface area contributed by atoms with Gasteiger partial charge in [-0.1, -0.05) is 35.5 Å². The molecule has 0 radical (unpaired) electrons. The lowest BCUT2D eigenvalue weighted by Gasteiger charge is -2.02. The molecule has 0 amide bonds. The summed E-state index contributed by atoms with van der Waals surface area (Å²) in [4.78, 5) is 0. The molecule has 0 aliphatic heterocycles. The average molecular weight is 178 g/mol. The molecular formula is C10H14N2O. The molecule has 70 valence electrons. The van der Waals surface area contributed by atoms with Gasteiger partial charge >= 0.3 is 0 Å². The highest BCUT2D eigenvalue weighted by Gasteiger charge is 1.92. The fraction of sp³-hybridized carbons (Fsp3) is 0.300. The maximum Gasteiger partial charge on any atom is 0.0677 e. The largest absolute Gasteiger partial charge is 0.411 e. The van der Waals surface area contributed by atoms with Crippen molar-refractivity contribution in [2.24, 2.45) is 5.16 Å². The standard InChI is InChI=1S/C10H14N2O/c1-9(12-13)7-11-8-10-5-3-2-4-6-10/h2-6,11,13H,7-8H2,1H3/b12-9-. The van der Waals surface area contributed by atoms with Gasteiger partial charge < -0.3 is 10.5 Å². The predicted molar refractivity (Wildman–Crippen MR) is 53.0 cm³/mol. The SMILES string of the molecule is C/C(CNCc1ccccc1)=N/O. The molecule has 0 aromatic heterocycles. The van der Waals surface area contributed by atoms with E-state index in [2.05, 4.69) is 22.6 Å². The molecule has 0 aliphatic carbocycles. The first kappa shape index (κ1) is 9.74. The van der Waals surface area contributed by atoms with E-state index < -0.39 is 0 Å². The van der Waals surface area contributed by atoms with E-state index in [1.165, 1.54) is 5.56 Å². The molecule has 0 saturated heterocycles. The number of hydrogen-bond donors (Lipinski definition) is 2. The van der Waals surface area contributed by atoms with Gasteiger partial charge in [0.25, 0.3) is 0 Å². The van der Waals surface area contributed by atoms with Gasteiger partial charge in [0.15, 0.2) is 0 Å². The van der Waals surface area contributed by atoms with Crippen molar-refractivity contribution in [2.75, 3.05) is 6.54 Å². The summed E-state index contributed by atoms with van der Waals surface area (Å²) in [6.45, 7) is 3.19. The maximum atomic E-state index is 8.38. The first-order valence-electron chi connectivity index (χ1n) is 4.25. The summed E-state index contributed by atoms with van der Waals surface area (Å²) >= 11 is 0. The monoisotopic (exact) mass is 178 g/mol. The lowest BCUT2D eigenvalue weighted by molar-refractivity contribution is 0.317. The molecule has 0 saturated carbocycles. The lowest BCUT2D eigenvalue weighted by atomic mass is 10.2. The van der Waals surface area contributed by atoms with Crippen LogP contribution in [0.3, 0.4) is 0 Å². The fourth-order valence-corrected chi connectivity index (χ4v) is 1.02. The Morgan fingerprint density at radius 2 is 2.08 bits per heavy atom. The molecule has 3 nitrogen and oxygen atoms in total. The summed E-state index contributed by atoms with van der Waals surface area (Å²) < 4.78 is 0. The van der Waals surface area contributed by atoms with E-state index in [0.717, 1.165) is 6.54 Å². The quantitative estimate of drug-likeness (QED) is 0.418. The summed E-state index contributed by atoms with van der Waals surface area (Å²) in [5.74, 6) is 0. The van der Waals surface area contributed by atoms with Crippen molar-refractivity contribution >= 4 is 5.71 Å². The number of benzene rings is 1. The van der Waals surface area contributed by atoms with Crippen molar-refractivity contribution in [2.45, 2.75) is 13.5 Å². The molecule has 13 heavy (non-hydrogen) atoms. The first-order chi connectivity index (χ1) is 6.33. The van der Waals surface area contributed by atoms with Crippen LogP contribution in [0, 0.1) is 0 Å². The zero-order valence-corrected chi connectivity index (χ0v) is 7.70. The highest BCUT2D eigenvalue weighted by Crippen LogP contribution is 1.96. The van der Waals surface area contributed by atoms with E-state index in [4.69, 9.17) is 5.21 Å². The Balaban J connectivity index is 2.28. The van der Waals surface area contributed by atoms with E-state index in [0.29, 0.717) is 12.3 Å². The van der Waals surface area contributed by atoms with Crippen LogP contribution in [0.25, 0.3) is 0 Å². The van der Waals surface area contributed by atoms with E-state index in [1.807, 2.05) is 18.2 Å². The Morgan fingerprint density at radius 1 is 1.38 bits per heavy atom. The number of nitrogens with one attached hydrogen (secondary N) is 1. The van der Waals surface area contributed by atoms with Crippen LogP contribution < -0.4 is 5.32 Å². The predicted octanol–water partition coefficient (Wildman–Crippen LogP) is 1.63. The smallest absolute Gasteiger partial charge is 0.0677 e. The molecule has 1 rings (SSSR count). The topological polar surface area (TPSA) is 44.6 Å². The Morgan fingerprint density at radius 3 is 2.69 bits per heavy atom. The number of nitrogens with zero attached hydrogens (tertiary/aromatic N) is 1. The molecule has 0 fully saturated rings. The second-order valence-corrected chi connectivity index (χ2v) is 2.92. The van der Waals surface area contributed by atoms with Gasteiger partial charge in [0.05, 0.1) is 5.71 Å². The van der Waals surface area contributed by atoms with Crippen molar-refractivity contribution in [1.82, 2.24) is 5.32 Å². The van der Waals surface area contributed by atoms with Crippen LogP contribution in [0.1, 0.15) is 12.5 Å². The fourth-order valence-electron chi connectivity index (χ4n) is 1.02. The minimum absolute atomic E-state index is 0.616. The van der Waals surface area contributed by atoms with E-state index in [9.17, 15) is 0 Å². The minimum Gasteiger partial charge on any atom is -0.411 e. The minimum atomic E-state index is 0.616. The molecule has 0 aliphatic rings. The van der Waals surface area contributed by atoms with Gasteiger partial charge in [-0.15, -0.1) is 0 Å². The maximum absolute atomic E-state index is 8.38. The van der Waals surface area contributed by atoms with E-state index in [-0.39, 0.29) is 0 Å². The average Bonchev–Trinajstić information content (AvgIpc) is 2.19.